The van der Waals surface area contributed by atoms with Crippen LogP contribution < -0.4 is 0 Å². The topological polar surface area (TPSA) is 17.8 Å². The quantitative estimate of drug-likeness (QED) is 0.813. The molecule has 1 aromatic carbocycles. The summed E-state index contributed by atoms with van der Waals surface area (Å²) in [5, 5.41) is 4.63. The second-order valence-corrected chi connectivity index (χ2v) is 4.48. The van der Waals surface area contributed by atoms with Crippen LogP contribution in [-0.4, -0.2) is 9.78 Å². The van der Waals surface area contributed by atoms with Gasteiger partial charge in [0.2, 0.25) is 0 Å². The SMILES string of the molecule is CC[C@@H](c1cnn(C)c1)c1ccc(F)cc1Cl. The highest BCUT2D eigenvalue weighted by molar-refractivity contribution is 6.31. The van der Waals surface area contributed by atoms with E-state index >= 15 is 0 Å². The highest BCUT2D eigenvalue weighted by atomic mass is 35.5. The van der Waals surface area contributed by atoms with E-state index in [1.54, 1.807) is 10.7 Å². The Morgan fingerprint density at radius 2 is 2.24 bits per heavy atom. The first-order chi connectivity index (χ1) is 8.11. The van der Waals surface area contributed by atoms with Crippen molar-refractivity contribution in [3.63, 3.8) is 0 Å². The molecule has 0 saturated carbocycles. The van der Waals surface area contributed by atoms with Gasteiger partial charge in [0.15, 0.2) is 0 Å². The molecule has 2 aromatic rings. The van der Waals surface area contributed by atoms with Crippen LogP contribution in [0.15, 0.2) is 30.6 Å². The molecule has 0 aliphatic heterocycles. The van der Waals surface area contributed by atoms with Gasteiger partial charge in [0, 0.05) is 24.2 Å². The molecular formula is C13H14ClFN2. The van der Waals surface area contributed by atoms with Crippen LogP contribution in [0.3, 0.4) is 0 Å². The standard InChI is InChI=1S/C13H14ClFN2/c1-3-11(9-7-16-17(2)8-9)12-5-4-10(15)6-13(12)14/h4-8,11H,3H2,1-2H3/t11-/m0/s1. The molecule has 0 unspecified atom stereocenters. The minimum Gasteiger partial charge on any atom is -0.276 e. The molecule has 0 bridgehead atoms. The number of aryl methyl sites for hydroxylation is 1. The average Bonchev–Trinajstić information content (AvgIpc) is 2.69. The zero-order valence-corrected chi connectivity index (χ0v) is 10.6. The molecule has 2 rings (SSSR count). The van der Waals surface area contributed by atoms with Crippen molar-refractivity contribution in [2.75, 3.05) is 0 Å². The van der Waals surface area contributed by atoms with Crippen molar-refractivity contribution < 1.29 is 4.39 Å². The van der Waals surface area contributed by atoms with Crippen LogP contribution in [0.4, 0.5) is 4.39 Å². The molecule has 0 saturated heterocycles. The van der Waals surface area contributed by atoms with Gasteiger partial charge in [-0.2, -0.15) is 5.10 Å². The van der Waals surface area contributed by atoms with E-state index in [0.717, 1.165) is 17.5 Å². The van der Waals surface area contributed by atoms with Gasteiger partial charge in [0.25, 0.3) is 0 Å². The van der Waals surface area contributed by atoms with Crippen LogP contribution in [-0.2, 0) is 7.05 Å². The molecule has 1 atom stereocenters. The monoisotopic (exact) mass is 252 g/mol. The molecule has 1 aromatic heterocycles. The summed E-state index contributed by atoms with van der Waals surface area (Å²) in [5.74, 6) is -0.142. The van der Waals surface area contributed by atoms with E-state index in [0.29, 0.717) is 5.02 Å². The Bertz CT molecular complexity index is 522. The Balaban J connectivity index is 2.42. The number of hydrogen-bond acceptors (Lipinski definition) is 1. The van der Waals surface area contributed by atoms with Gasteiger partial charge in [-0.15, -0.1) is 0 Å². The molecule has 0 aliphatic carbocycles. The third-order valence-electron chi connectivity index (χ3n) is 2.87. The summed E-state index contributed by atoms with van der Waals surface area (Å²) in [6, 6.07) is 4.55. The summed E-state index contributed by atoms with van der Waals surface area (Å²) in [6.07, 6.45) is 4.69. The van der Waals surface area contributed by atoms with Crippen LogP contribution in [0.5, 0.6) is 0 Å². The predicted molar refractivity (Wildman–Crippen MR) is 66.8 cm³/mol. The first-order valence-electron chi connectivity index (χ1n) is 5.55. The van der Waals surface area contributed by atoms with E-state index in [-0.39, 0.29) is 11.7 Å². The fraction of sp³-hybridized carbons (Fsp3) is 0.308. The van der Waals surface area contributed by atoms with Gasteiger partial charge >= 0.3 is 0 Å². The molecule has 90 valence electrons. The van der Waals surface area contributed by atoms with Crippen molar-refractivity contribution >= 4 is 11.6 Å². The largest absolute Gasteiger partial charge is 0.276 e. The van der Waals surface area contributed by atoms with E-state index in [1.165, 1.54) is 12.1 Å². The minimum atomic E-state index is -0.306. The summed E-state index contributed by atoms with van der Waals surface area (Å²) in [7, 11) is 1.88. The summed E-state index contributed by atoms with van der Waals surface area (Å²) in [6.45, 7) is 2.08. The third kappa shape index (κ3) is 2.50. The molecule has 0 radical (unpaired) electrons. The summed E-state index contributed by atoms with van der Waals surface area (Å²) in [5.41, 5.74) is 2.05. The Kier molecular flexibility index (Phi) is 3.48. The maximum absolute atomic E-state index is 13.0. The Labute approximate surface area is 105 Å². The lowest BCUT2D eigenvalue weighted by atomic mass is 9.91. The molecule has 17 heavy (non-hydrogen) atoms. The number of nitrogens with zero attached hydrogens (tertiary/aromatic N) is 2. The number of halogens is 2. The van der Waals surface area contributed by atoms with Crippen LogP contribution in [0.2, 0.25) is 5.02 Å². The van der Waals surface area contributed by atoms with Crippen LogP contribution in [0.25, 0.3) is 0 Å². The molecule has 0 amide bonds. The normalized spacial score (nSPS) is 12.7. The first kappa shape index (κ1) is 12.1. The average molecular weight is 253 g/mol. The van der Waals surface area contributed by atoms with E-state index < -0.39 is 0 Å². The van der Waals surface area contributed by atoms with Crippen molar-refractivity contribution in [3.8, 4) is 0 Å². The fourth-order valence-corrected chi connectivity index (χ4v) is 2.34. The van der Waals surface area contributed by atoms with Crippen molar-refractivity contribution in [1.82, 2.24) is 9.78 Å². The van der Waals surface area contributed by atoms with Gasteiger partial charge in [0.1, 0.15) is 5.82 Å². The molecule has 0 fully saturated rings. The van der Waals surface area contributed by atoms with Gasteiger partial charge in [-0.25, -0.2) is 4.39 Å². The second-order valence-electron chi connectivity index (χ2n) is 4.07. The Hall–Kier alpha value is -1.35. The third-order valence-corrected chi connectivity index (χ3v) is 3.20. The lowest BCUT2D eigenvalue weighted by Crippen LogP contribution is -2.00. The molecule has 2 nitrogen and oxygen atoms in total. The highest BCUT2D eigenvalue weighted by Crippen LogP contribution is 2.32. The van der Waals surface area contributed by atoms with Gasteiger partial charge < -0.3 is 0 Å². The lowest BCUT2D eigenvalue weighted by Gasteiger charge is -2.15. The molecule has 0 N–H and O–H groups in total. The summed E-state index contributed by atoms with van der Waals surface area (Å²) < 4.78 is 14.8. The van der Waals surface area contributed by atoms with E-state index in [2.05, 4.69) is 12.0 Å². The zero-order chi connectivity index (χ0) is 12.4. The van der Waals surface area contributed by atoms with Crippen molar-refractivity contribution in [2.45, 2.75) is 19.3 Å². The van der Waals surface area contributed by atoms with Gasteiger partial charge in [0.05, 0.1) is 6.20 Å². The Morgan fingerprint density at radius 1 is 1.47 bits per heavy atom. The molecular weight excluding hydrogens is 239 g/mol. The van der Waals surface area contributed by atoms with Gasteiger partial charge in [-0.05, 0) is 29.7 Å². The van der Waals surface area contributed by atoms with Crippen molar-refractivity contribution in [1.29, 1.82) is 0 Å². The first-order valence-corrected chi connectivity index (χ1v) is 5.93. The number of benzene rings is 1. The molecule has 4 heteroatoms. The second kappa shape index (κ2) is 4.88. The van der Waals surface area contributed by atoms with Crippen LogP contribution in [0.1, 0.15) is 30.4 Å². The predicted octanol–water partition coefficient (Wildman–Crippen LogP) is 3.75. The van der Waals surface area contributed by atoms with Crippen LogP contribution >= 0.6 is 11.6 Å². The van der Waals surface area contributed by atoms with Crippen molar-refractivity contribution in [2.24, 2.45) is 7.05 Å². The fourth-order valence-electron chi connectivity index (χ4n) is 2.04. The summed E-state index contributed by atoms with van der Waals surface area (Å²) in [4.78, 5) is 0. The van der Waals surface area contributed by atoms with E-state index in [9.17, 15) is 4.39 Å². The smallest absolute Gasteiger partial charge is 0.124 e. The number of aromatic nitrogens is 2. The molecule has 0 spiro atoms. The highest BCUT2D eigenvalue weighted by Gasteiger charge is 2.17. The van der Waals surface area contributed by atoms with E-state index in [1.807, 2.05) is 19.4 Å². The zero-order valence-electron chi connectivity index (χ0n) is 9.82. The minimum absolute atomic E-state index is 0.164. The van der Waals surface area contributed by atoms with Gasteiger partial charge in [-0.3, -0.25) is 4.68 Å². The maximum Gasteiger partial charge on any atom is 0.124 e. The van der Waals surface area contributed by atoms with Crippen molar-refractivity contribution in [3.05, 3.63) is 52.6 Å². The number of hydrogen-bond donors (Lipinski definition) is 0. The molecule has 0 aliphatic rings. The molecule has 1 heterocycles. The van der Waals surface area contributed by atoms with Gasteiger partial charge in [-0.1, -0.05) is 24.6 Å². The maximum atomic E-state index is 13.0. The van der Waals surface area contributed by atoms with Crippen LogP contribution in [0, 0.1) is 5.82 Å². The van der Waals surface area contributed by atoms with E-state index in [4.69, 9.17) is 11.6 Å². The summed E-state index contributed by atoms with van der Waals surface area (Å²) >= 11 is 6.09. The Morgan fingerprint density at radius 3 is 2.76 bits per heavy atom. The number of rotatable bonds is 3. The lowest BCUT2D eigenvalue weighted by molar-refractivity contribution is 0.626.